The van der Waals surface area contributed by atoms with Gasteiger partial charge >= 0.3 is 0 Å². The number of carbonyl (C=O) groups is 1. The number of carbonyl (C=O) groups excluding carboxylic acids is 1. The Morgan fingerprint density at radius 2 is 1.90 bits per heavy atom. The van der Waals surface area contributed by atoms with Gasteiger partial charge in [-0.15, -0.1) is 0 Å². The Balaban J connectivity index is 1.89. The molecule has 0 saturated carbocycles. The molecule has 4 nitrogen and oxygen atoms in total. The number of amides is 1. The molecule has 1 heterocycles. The van der Waals surface area contributed by atoms with Gasteiger partial charge in [0.2, 0.25) is 5.91 Å². The number of hydrogen-bond donors (Lipinski definition) is 1. The summed E-state index contributed by atoms with van der Waals surface area (Å²) in [6, 6.07) is 12.1. The smallest absolute Gasteiger partial charge is 0.222 e. The SMILES string of the molecule is COCCC(=O)N[C@@]1(C)C[C@@H](c2cccc(Cl)c2)O[C@@H](c2ccc(F)c(Cl)c2)C1. The molecule has 2 aromatic carbocycles. The Morgan fingerprint density at radius 1 is 1.21 bits per heavy atom. The number of hydrogen-bond acceptors (Lipinski definition) is 3. The zero-order valence-electron chi connectivity index (χ0n) is 16.4. The van der Waals surface area contributed by atoms with Crippen LogP contribution < -0.4 is 5.32 Å². The zero-order valence-corrected chi connectivity index (χ0v) is 17.9. The summed E-state index contributed by atoms with van der Waals surface area (Å²) in [7, 11) is 1.56. The molecule has 0 unspecified atom stereocenters. The van der Waals surface area contributed by atoms with Crippen molar-refractivity contribution in [2.24, 2.45) is 0 Å². The molecule has 0 radical (unpaired) electrons. The van der Waals surface area contributed by atoms with Crippen LogP contribution in [0.15, 0.2) is 42.5 Å². The number of rotatable bonds is 6. The highest BCUT2D eigenvalue weighted by Crippen LogP contribution is 2.44. The van der Waals surface area contributed by atoms with E-state index < -0.39 is 11.4 Å². The summed E-state index contributed by atoms with van der Waals surface area (Å²) in [5.41, 5.74) is 1.16. The normalized spacial score (nSPS) is 24.3. The van der Waals surface area contributed by atoms with Crippen LogP contribution in [0, 0.1) is 5.82 Å². The summed E-state index contributed by atoms with van der Waals surface area (Å²) in [5, 5.41) is 3.79. The highest BCUT2D eigenvalue weighted by atomic mass is 35.5. The highest BCUT2D eigenvalue weighted by Gasteiger charge is 2.40. The predicted molar refractivity (Wildman–Crippen MR) is 112 cm³/mol. The first-order valence-electron chi connectivity index (χ1n) is 9.45. The minimum Gasteiger partial charge on any atom is -0.384 e. The van der Waals surface area contributed by atoms with Crippen molar-refractivity contribution >= 4 is 29.1 Å². The molecule has 0 aliphatic carbocycles. The van der Waals surface area contributed by atoms with E-state index in [1.54, 1.807) is 25.3 Å². The summed E-state index contributed by atoms with van der Waals surface area (Å²) in [6.45, 7) is 2.35. The zero-order chi connectivity index (χ0) is 21.0. The molecular weight excluding hydrogens is 416 g/mol. The highest BCUT2D eigenvalue weighted by molar-refractivity contribution is 6.31. The topological polar surface area (TPSA) is 47.6 Å². The van der Waals surface area contributed by atoms with Gasteiger partial charge in [-0.25, -0.2) is 4.39 Å². The monoisotopic (exact) mass is 439 g/mol. The minimum absolute atomic E-state index is 0.0433. The van der Waals surface area contributed by atoms with Crippen LogP contribution >= 0.6 is 23.2 Å². The van der Waals surface area contributed by atoms with Crippen LogP contribution in [0.4, 0.5) is 4.39 Å². The number of methoxy groups -OCH3 is 1. The lowest BCUT2D eigenvalue weighted by molar-refractivity contribution is -0.129. The molecule has 29 heavy (non-hydrogen) atoms. The Hall–Kier alpha value is -1.66. The van der Waals surface area contributed by atoms with Crippen LogP contribution in [0.2, 0.25) is 10.0 Å². The number of benzene rings is 2. The van der Waals surface area contributed by atoms with Crippen molar-refractivity contribution in [3.8, 4) is 0 Å². The van der Waals surface area contributed by atoms with E-state index in [2.05, 4.69) is 5.32 Å². The lowest BCUT2D eigenvalue weighted by atomic mass is 9.81. The first kappa shape index (κ1) is 22.0. The number of halogens is 3. The third-order valence-corrected chi connectivity index (χ3v) is 5.64. The van der Waals surface area contributed by atoms with Crippen LogP contribution in [0.1, 0.15) is 49.5 Å². The summed E-state index contributed by atoms with van der Waals surface area (Å²) >= 11 is 12.2. The first-order valence-corrected chi connectivity index (χ1v) is 10.2. The van der Waals surface area contributed by atoms with Gasteiger partial charge in [-0.3, -0.25) is 4.79 Å². The summed E-state index contributed by atoms with van der Waals surface area (Å²) in [4.78, 5) is 12.4. The minimum atomic E-state index is -0.526. The molecule has 1 amide bonds. The Labute approximate surface area is 180 Å². The molecule has 7 heteroatoms. The average Bonchev–Trinajstić information content (AvgIpc) is 2.67. The van der Waals surface area contributed by atoms with Gasteiger partial charge < -0.3 is 14.8 Å². The van der Waals surface area contributed by atoms with E-state index in [0.29, 0.717) is 24.5 Å². The second kappa shape index (κ2) is 9.43. The van der Waals surface area contributed by atoms with E-state index in [1.807, 2.05) is 25.1 Å². The molecule has 1 aliphatic rings. The maximum absolute atomic E-state index is 13.6. The maximum atomic E-state index is 13.6. The largest absolute Gasteiger partial charge is 0.384 e. The Morgan fingerprint density at radius 3 is 2.52 bits per heavy atom. The fourth-order valence-corrected chi connectivity index (χ4v) is 4.09. The van der Waals surface area contributed by atoms with Gasteiger partial charge in [0.05, 0.1) is 23.8 Å². The lowest BCUT2D eigenvalue weighted by Gasteiger charge is -2.43. The van der Waals surface area contributed by atoms with Crippen LogP contribution in [-0.2, 0) is 14.3 Å². The number of nitrogens with one attached hydrogen (secondary N) is 1. The molecule has 2 aromatic rings. The molecule has 1 N–H and O–H groups in total. The van der Waals surface area contributed by atoms with E-state index >= 15 is 0 Å². The van der Waals surface area contributed by atoms with Gasteiger partial charge in [0.1, 0.15) is 5.82 Å². The van der Waals surface area contributed by atoms with E-state index in [4.69, 9.17) is 32.7 Å². The summed E-state index contributed by atoms with van der Waals surface area (Å²) < 4.78 is 25.0. The summed E-state index contributed by atoms with van der Waals surface area (Å²) in [5.74, 6) is -0.565. The average molecular weight is 440 g/mol. The van der Waals surface area contributed by atoms with Crippen molar-refractivity contribution in [2.75, 3.05) is 13.7 Å². The van der Waals surface area contributed by atoms with Crippen molar-refractivity contribution in [2.45, 2.75) is 43.9 Å². The van der Waals surface area contributed by atoms with Crippen LogP contribution in [-0.4, -0.2) is 25.2 Å². The predicted octanol–water partition coefficient (Wildman–Crippen LogP) is 5.64. The Bertz CT molecular complexity index is 879. The van der Waals surface area contributed by atoms with Gasteiger partial charge in [-0.1, -0.05) is 41.4 Å². The van der Waals surface area contributed by atoms with Crippen molar-refractivity contribution in [1.82, 2.24) is 5.32 Å². The summed E-state index contributed by atoms with van der Waals surface area (Å²) in [6.07, 6.45) is 0.743. The fraction of sp³-hybridized carbons (Fsp3) is 0.409. The molecule has 1 fully saturated rings. The molecule has 0 aromatic heterocycles. The molecule has 1 aliphatic heterocycles. The van der Waals surface area contributed by atoms with E-state index in [9.17, 15) is 9.18 Å². The van der Waals surface area contributed by atoms with Crippen molar-refractivity contribution < 1.29 is 18.7 Å². The van der Waals surface area contributed by atoms with E-state index in [-0.39, 0.29) is 29.6 Å². The van der Waals surface area contributed by atoms with Crippen LogP contribution in [0.25, 0.3) is 0 Å². The van der Waals surface area contributed by atoms with Crippen molar-refractivity contribution in [3.63, 3.8) is 0 Å². The van der Waals surface area contributed by atoms with Crippen molar-refractivity contribution in [3.05, 3.63) is 69.5 Å². The van der Waals surface area contributed by atoms with E-state index in [1.165, 1.54) is 6.07 Å². The molecule has 156 valence electrons. The third kappa shape index (κ3) is 5.70. The van der Waals surface area contributed by atoms with Gasteiger partial charge in [-0.2, -0.15) is 0 Å². The molecule has 1 saturated heterocycles. The molecule has 0 bridgehead atoms. The molecule has 0 spiro atoms. The van der Waals surface area contributed by atoms with Crippen LogP contribution in [0.3, 0.4) is 0 Å². The van der Waals surface area contributed by atoms with Gasteiger partial charge in [0, 0.05) is 36.9 Å². The van der Waals surface area contributed by atoms with Crippen LogP contribution in [0.5, 0.6) is 0 Å². The quantitative estimate of drug-likeness (QED) is 0.633. The van der Waals surface area contributed by atoms with Gasteiger partial charge in [0.15, 0.2) is 0 Å². The second-order valence-electron chi connectivity index (χ2n) is 7.60. The first-order chi connectivity index (χ1) is 13.8. The molecular formula is C22H24Cl2FNO3. The van der Waals surface area contributed by atoms with Gasteiger partial charge in [-0.05, 0) is 42.3 Å². The standard InChI is InChI=1S/C22H24Cl2FNO3/c1-22(26-21(27)8-9-28-2)12-19(14-4-3-5-16(23)10-14)29-20(13-22)15-6-7-18(25)17(24)11-15/h3-7,10-11,19-20H,8-9,12-13H2,1-2H3,(H,26,27)/t19-,20+,22-/m0/s1. The number of ether oxygens (including phenoxy) is 2. The lowest BCUT2D eigenvalue weighted by Crippen LogP contribution is -2.51. The molecule has 3 rings (SSSR count). The Kier molecular flexibility index (Phi) is 7.17. The fourth-order valence-electron chi connectivity index (χ4n) is 3.70. The van der Waals surface area contributed by atoms with E-state index in [0.717, 1.165) is 11.1 Å². The third-order valence-electron chi connectivity index (χ3n) is 5.11. The maximum Gasteiger partial charge on any atom is 0.222 e. The van der Waals surface area contributed by atoms with Gasteiger partial charge in [0.25, 0.3) is 0 Å². The molecule has 3 atom stereocenters. The second-order valence-corrected chi connectivity index (χ2v) is 8.45. The van der Waals surface area contributed by atoms with Crippen molar-refractivity contribution in [1.29, 1.82) is 0 Å².